The van der Waals surface area contributed by atoms with Crippen molar-refractivity contribution < 1.29 is 33.2 Å². The summed E-state index contributed by atoms with van der Waals surface area (Å²) in [6, 6.07) is 31.5. The van der Waals surface area contributed by atoms with Gasteiger partial charge in [0.1, 0.15) is 12.3 Å². The van der Waals surface area contributed by atoms with Crippen LogP contribution in [0, 0.1) is 0 Å². The highest BCUT2D eigenvalue weighted by molar-refractivity contribution is 6.08. The zero-order valence-electron chi connectivity index (χ0n) is 28.3. The lowest BCUT2D eigenvalue weighted by Crippen LogP contribution is -2.27. The van der Waals surface area contributed by atoms with Crippen molar-refractivity contribution in [1.29, 1.82) is 0 Å². The topological polar surface area (TPSA) is 120 Å². The highest BCUT2D eigenvalue weighted by Crippen LogP contribution is 2.45. The van der Waals surface area contributed by atoms with Gasteiger partial charge >= 0.3 is 5.97 Å². The van der Waals surface area contributed by atoms with Crippen LogP contribution in [0.3, 0.4) is 0 Å². The molecule has 0 saturated heterocycles. The van der Waals surface area contributed by atoms with E-state index in [0.29, 0.717) is 56.6 Å². The molecule has 254 valence electrons. The minimum Gasteiger partial charge on any atom is -0.493 e. The maximum Gasteiger partial charge on any atom is 0.355 e. The Bertz CT molecular complexity index is 2200. The van der Waals surface area contributed by atoms with Crippen LogP contribution in [0.25, 0.3) is 38.7 Å². The number of aromatic nitrogens is 1. The number of methoxy groups -OCH3 is 5. The van der Waals surface area contributed by atoms with E-state index >= 15 is 0 Å². The van der Waals surface area contributed by atoms with E-state index in [4.69, 9.17) is 34.2 Å². The number of fused-ring (bicyclic) bond motifs is 1. The van der Waals surface area contributed by atoms with E-state index < -0.39 is 11.5 Å². The van der Waals surface area contributed by atoms with Crippen LogP contribution in [0.15, 0.2) is 108 Å². The van der Waals surface area contributed by atoms with Crippen molar-refractivity contribution in [2.45, 2.75) is 6.61 Å². The average molecular weight is 673 g/mol. The molecular formula is C40H36N2O8. The lowest BCUT2D eigenvalue weighted by atomic mass is 9.95. The fourth-order valence-electron chi connectivity index (χ4n) is 5.94. The van der Waals surface area contributed by atoms with Gasteiger partial charge in [0.15, 0.2) is 23.0 Å². The highest BCUT2D eigenvalue weighted by atomic mass is 16.5. The highest BCUT2D eigenvalue weighted by Gasteiger charge is 2.28. The van der Waals surface area contributed by atoms with Crippen LogP contribution in [-0.2, 0) is 11.3 Å². The van der Waals surface area contributed by atoms with Crippen molar-refractivity contribution >= 4 is 22.4 Å². The lowest BCUT2D eigenvalue weighted by molar-refractivity contribution is 0.0591. The van der Waals surface area contributed by atoms with Gasteiger partial charge in [-0.1, -0.05) is 54.6 Å². The number of hydrogen-bond acceptors (Lipinski definition) is 9. The van der Waals surface area contributed by atoms with E-state index in [0.717, 1.165) is 16.7 Å². The monoisotopic (exact) mass is 672 g/mol. The van der Waals surface area contributed by atoms with E-state index in [1.165, 1.54) is 40.1 Å². The summed E-state index contributed by atoms with van der Waals surface area (Å²) >= 11 is 0. The number of nitrogens with zero attached hydrogens (tertiary/aromatic N) is 1. The molecule has 10 heteroatoms. The molecule has 0 radical (unpaired) electrons. The third-order valence-electron chi connectivity index (χ3n) is 8.41. The van der Waals surface area contributed by atoms with Crippen molar-refractivity contribution in [2.75, 3.05) is 41.3 Å². The predicted octanol–water partition coefficient (Wildman–Crippen LogP) is 7.31. The zero-order valence-corrected chi connectivity index (χ0v) is 28.3. The zero-order chi connectivity index (χ0) is 35.4. The molecule has 0 spiro atoms. The third-order valence-corrected chi connectivity index (χ3v) is 8.41. The van der Waals surface area contributed by atoms with Crippen LogP contribution in [-0.4, -0.2) is 46.1 Å². The molecule has 0 saturated carbocycles. The number of esters is 1. The smallest absolute Gasteiger partial charge is 0.355 e. The number of ether oxygens (including phenoxy) is 6. The van der Waals surface area contributed by atoms with Crippen molar-refractivity contribution in [3.8, 4) is 56.7 Å². The Labute approximate surface area is 289 Å². The van der Waals surface area contributed by atoms with Gasteiger partial charge in [0, 0.05) is 22.3 Å². The molecule has 0 aliphatic carbocycles. The van der Waals surface area contributed by atoms with Crippen molar-refractivity contribution in [2.24, 2.45) is 0 Å². The van der Waals surface area contributed by atoms with Gasteiger partial charge in [0.25, 0.3) is 5.56 Å². The maximum atomic E-state index is 14.5. The van der Waals surface area contributed by atoms with Gasteiger partial charge in [-0.05, 0) is 70.8 Å². The van der Waals surface area contributed by atoms with Crippen LogP contribution < -0.4 is 35.0 Å². The molecule has 0 unspecified atom stereocenters. The summed E-state index contributed by atoms with van der Waals surface area (Å²) in [5.74, 6) is 1.01. The summed E-state index contributed by atoms with van der Waals surface area (Å²) in [5, 5.41) is 0.668. The Morgan fingerprint density at radius 3 is 1.82 bits per heavy atom. The Kier molecular flexibility index (Phi) is 9.62. The van der Waals surface area contributed by atoms with Crippen LogP contribution in [0.4, 0.5) is 5.69 Å². The van der Waals surface area contributed by atoms with E-state index in [9.17, 15) is 9.59 Å². The van der Waals surface area contributed by atoms with Crippen molar-refractivity contribution in [3.05, 3.63) is 125 Å². The number of rotatable bonds is 11. The Hall–Kier alpha value is -6.42. The summed E-state index contributed by atoms with van der Waals surface area (Å²) in [7, 11) is 7.27. The fourth-order valence-corrected chi connectivity index (χ4v) is 5.94. The second kappa shape index (κ2) is 14.4. The molecule has 1 heterocycles. The Balaban J connectivity index is 1.58. The van der Waals surface area contributed by atoms with Crippen LogP contribution in [0.1, 0.15) is 16.1 Å². The predicted molar refractivity (Wildman–Crippen MR) is 193 cm³/mol. The lowest BCUT2D eigenvalue weighted by Gasteiger charge is -2.21. The summed E-state index contributed by atoms with van der Waals surface area (Å²) in [5.41, 5.74) is 10.3. The quantitative estimate of drug-likeness (QED) is 0.112. The Morgan fingerprint density at radius 1 is 0.640 bits per heavy atom. The van der Waals surface area contributed by atoms with Crippen molar-refractivity contribution in [3.63, 3.8) is 0 Å². The molecule has 50 heavy (non-hydrogen) atoms. The first-order valence-corrected chi connectivity index (χ1v) is 15.6. The molecule has 1 aromatic heterocycles. The number of carbonyl (C=O) groups excluding carboxylic acids is 1. The van der Waals surface area contributed by atoms with E-state index in [1.807, 2.05) is 42.5 Å². The number of carbonyl (C=O) groups is 1. The maximum absolute atomic E-state index is 14.5. The summed E-state index contributed by atoms with van der Waals surface area (Å²) in [6.07, 6.45) is 0. The number of nitrogens with two attached hydrogens (primary N) is 1. The van der Waals surface area contributed by atoms with E-state index in [1.54, 1.807) is 48.5 Å². The number of hydrogen-bond donors (Lipinski definition) is 1. The first-order valence-electron chi connectivity index (χ1n) is 15.6. The standard InChI is InChI=1S/C40H36N2O8/c1-45-32-21-30-31(22-33(32)50-23-24-11-13-26(14-12-24)25-9-7-6-8-10-25)39(43)42(29-17-15-28(41)16-18-29)37(40(44)49-5)36(30)27-19-34(46-2)38(48-4)35(20-27)47-3/h6-22H,23,41H2,1-5H3. The number of benzene rings is 5. The third kappa shape index (κ3) is 6.26. The first kappa shape index (κ1) is 33.5. The van der Waals surface area contributed by atoms with Crippen molar-refractivity contribution in [1.82, 2.24) is 4.57 Å². The molecule has 0 fully saturated rings. The van der Waals surface area contributed by atoms with Gasteiger partial charge in [0.2, 0.25) is 5.75 Å². The van der Waals surface area contributed by atoms with Crippen LogP contribution in [0.5, 0.6) is 28.7 Å². The van der Waals surface area contributed by atoms with Gasteiger partial charge in [-0.15, -0.1) is 0 Å². The molecule has 2 N–H and O–H groups in total. The van der Waals surface area contributed by atoms with Gasteiger partial charge in [-0.2, -0.15) is 0 Å². The summed E-state index contributed by atoms with van der Waals surface area (Å²) in [4.78, 5) is 28.3. The number of anilines is 1. The molecule has 0 aliphatic rings. The SMILES string of the molecule is COC(=O)c1c(-c2cc(OC)c(OC)c(OC)c2)c2cc(OC)c(OCc3ccc(-c4ccccc4)cc3)cc2c(=O)n1-c1ccc(N)cc1. The second-order valence-electron chi connectivity index (χ2n) is 11.3. The molecule has 0 atom stereocenters. The average Bonchev–Trinajstić information content (AvgIpc) is 3.16. The van der Waals surface area contributed by atoms with Crippen LogP contribution in [0.2, 0.25) is 0 Å². The molecule has 10 nitrogen and oxygen atoms in total. The fraction of sp³-hybridized carbons (Fsp3) is 0.150. The number of nitrogen functional groups attached to an aromatic ring is 1. The molecule has 6 aromatic rings. The largest absolute Gasteiger partial charge is 0.493 e. The summed E-state index contributed by atoms with van der Waals surface area (Å²) in [6.45, 7) is 0.211. The van der Waals surface area contributed by atoms with Crippen LogP contribution >= 0.6 is 0 Å². The minimum atomic E-state index is -0.747. The van der Waals surface area contributed by atoms with E-state index in [2.05, 4.69) is 12.1 Å². The molecule has 0 aliphatic heterocycles. The Morgan fingerprint density at radius 2 is 1.24 bits per heavy atom. The van der Waals surface area contributed by atoms with Gasteiger partial charge < -0.3 is 34.2 Å². The van der Waals surface area contributed by atoms with Gasteiger partial charge in [0.05, 0.1) is 40.9 Å². The molecule has 5 aromatic carbocycles. The van der Waals surface area contributed by atoms with Gasteiger partial charge in [-0.3, -0.25) is 9.36 Å². The minimum absolute atomic E-state index is 0.0294. The molecule has 0 bridgehead atoms. The van der Waals surface area contributed by atoms with E-state index in [-0.39, 0.29) is 17.7 Å². The normalized spacial score (nSPS) is 10.8. The van der Waals surface area contributed by atoms with Gasteiger partial charge in [-0.25, -0.2) is 4.79 Å². The number of pyridine rings is 1. The first-order chi connectivity index (χ1) is 24.3. The second-order valence-corrected chi connectivity index (χ2v) is 11.3. The summed E-state index contributed by atoms with van der Waals surface area (Å²) < 4.78 is 35.6. The molecular weight excluding hydrogens is 636 g/mol. The molecule has 6 rings (SSSR count). The molecule has 0 amide bonds.